The second-order valence-electron chi connectivity index (χ2n) is 6.37. The van der Waals surface area contributed by atoms with Gasteiger partial charge in [-0.15, -0.1) is 0 Å². The minimum atomic E-state index is -0.388. The number of nitrogens with zero attached hydrogens (tertiary/aromatic N) is 1. The lowest BCUT2D eigenvalue weighted by Crippen LogP contribution is -2.66. The number of hydrogen-bond acceptors (Lipinski definition) is 3. The van der Waals surface area contributed by atoms with Crippen LogP contribution in [0.15, 0.2) is 0 Å². The minimum absolute atomic E-state index is 0.211. The van der Waals surface area contributed by atoms with Crippen LogP contribution in [-0.2, 0) is 4.74 Å². The molecule has 0 amide bonds. The fourth-order valence-corrected chi connectivity index (χ4v) is 3.87. The first-order valence-electron chi connectivity index (χ1n) is 7.25. The fraction of sp³-hybridized carbons (Fsp3) is 1.00. The van der Waals surface area contributed by atoms with Gasteiger partial charge in [-0.1, -0.05) is 19.8 Å². The van der Waals surface area contributed by atoms with E-state index in [1.165, 1.54) is 32.1 Å². The van der Waals surface area contributed by atoms with E-state index in [0.717, 1.165) is 32.5 Å². The van der Waals surface area contributed by atoms with Crippen LogP contribution in [0.2, 0.25) is 0 Å². The Labute approximate surface area is 104 Å². The SMILES string of the molecule is CCC1(O)CN(C2CCOC3(CCCC3)C2)C1. The Kier molecular flexibility index (Phi) is 2.96. The summed E-state index contributed by atoms with van der Waals surface area (Å²) < 4.78 is 6.06. The van der Waals surface area contributed by atoms with Gasteiger partial charge in [0.05, 0.1) is 11.2 Å². The second kappa shape index (κ2) is 4.22. The van der Waals surface area contributed by atoms with Crippen LogP contribution >= 0.6 is 0 Å². The lowest BCUT2D eigenvalue weighted by atomic mass is 9.83. The molecule has 3 aliphatic rings. The summed E-state index contributed by atoms with van der Waals surface area (Å²) >= 11 is 0. The molecule has 2 saturated heterocycles. The monoisotopic (exact) mass is 239 g/mol. The van der Waals surface area contributed by atoms with Gasteiger partial charge in [0.25, 0.3) is 0 Å². The zero-order valence-corrected chi connectivity index (χ0v) is 11.0. The van der Waals surface area contributed by atoms with Gasteiger partial charge in [0.1, 0.15) is 0 Å². The van der Waals surface area contributed by atoms with Crippen LogP contribution in [0.1, 0.15) is 51.9 Å². The van der Waals surface area contributed by atoms with Crippen LogP contribution in [0.3, 0.4) is 0 Å². The predicted octanol–water partition coefficient (Wildman–Crippen LogP) is 1.93. The third-order valence-corrected chi connectivity index (χ3v) is 5.15. The van der Waals surface area contributed by atoms with Crippen molar-refractivity contribution in [1.82, 2.24) is 4.90 Å². The summed E-state index contributed by atoms with van der Waals surface area (Å²) in [5, 5.41) is 10.1. The molecular weight excluding hydrogens is 214 g/mol. The Morgan fingerprint density at radius 3 is 2.65 bits per heavy atom. The van der Waals surface area contributed by atoms with E-state index in [4.69, 9.17) is 4.74 Å². The van der Waals surface area contributed by atoms with Crippen LogP contribution in [0, 0.1) is 0 Å². The molecule has 1 N–H and O–H groups in total. The summed E-state index contributed by atoms with van der Waals surface area (Å²) in [6.45, 7) is 4.76. The summed E-state index contributed by atoms with van der Waals surface area (Å²) in [7, 11) is 0. The van der Waals surface area contributed by atoms with E-state index in [1.807, 2.05) is 0 Å². The maximum Gasteiger partial charge on any atom is 0.0897 e. The smallest absolute Gasteiger partial charge is 0.0897 e. The van der Waals surface area contributed by atoms with E-state index in [1.54, 1.807) is 0 Å². The number of aliphatic hydroxyl groups is 1. The van der Waals surface area contributed by atoms with Crippen molar-refractivity contribution in [2.24, 2.45) is 0 Å². The normalized spacial score (nSPS) is 36.0. The van der Waals surface area contributed by atoms with Crippen molar-refractivity contribution >= 4 is 0 Å². The summed E-state index contributed by atoms with van der Waals surface area (Å²) in [5.74, 6) is 0. The molecule has 1 atom stereocenters. The molecule has 1 saturated carbocycles. The number of likely N-dealkylation sites (tertiary alicyclic amines) is 1. The first-order chi connectivity index (χ1) is 8.15. The van der Waals surface area contributed by atoms with Gasteiger partial charge in [-0.3, -0.25) is 4.90 Å². The van der Waals surface area contributed by atoms with E-state index in [2.05, 4.69) is 11.8 Å². The highest BCUT2D eigenvalue weighted by atomic mass is 16.5. The Morgan fingerprint density at radius 2 is 2.00 bits per heavy atom. The van der Waals surface area contributed by atoms with Crippen molar-refractivity contribution in [3.8, 4) is 0 Å². The Balaban J connectivity index is 1.58. The fourth-order valence-electron chi connectivity index (χ4n) is 3.87. The molecule has 3 rings (SSSR count). The summed E-state index contributed by atoms with van der Waals surface area (Å²) in [4.78, 5) is 2.48. The molecule has 0 aromatic heterocycles. The lowest BCUT2D eigenvalue weighted by Gasteiger charge is -2.53. The molecule has 17 heavy (non-hydrogen) atoms. The first kappa shape index (κ1) is 11.9. The molecule has 0 radical (unpaired) electrons. The van der Waals surface area contributed by atoms with Gasteiger partial charge in [0.15, 0.2) is 0 Å². The quantitative estimate of drug-likeness (QED) is 0.799. The molecule has 3 nitrogen and oxygen atoms in total. The molecule has 1 aliphatic carbocycles. The minimum Gasteiger partial charge on any atom is -0.387 e. The van der Waals surface area contributed by atoms with Gasteiger partial charge in [0, 0.05) is 25.7 Å². The van der Waals surface area contributed by atoms with Crippen molar-refractivity contribution in [2.75, 3.05) is 19.7 Å². The van der Waals surface area contributed by atoms with Gasteiger partial charge in [-0.2, -0.15) is 0 Å². The number of ether oxygens (including phenoxy) is 1. The Hall–Kier alpha value is -0.120. The lowest BCUT2D eigenvalue weighted by molar-refractivity contribution is -0.159. The molecule has 98 valence electrons. The van der Waals surface area contributed by atoms with Crippen molar-refractivity contribution in [3.05, 3.63) is 0 Å². The Morgan fingerprint density at radius 1 is 1.29 bits per heavy atom. The number of β-amino-alcohol motifs (C(OH)–C–C–N with tert-alkyl or cyclic N) is 1. The average molecular weight is 239 g/mol. The van der Waals surface area contributed by atoms with E-state index in [-0.39, 0.29) is 11.2 Å². The van der Waals surface area contributed by atoms with Gasteiger partial charge in [-0.05, 0) is 32.1 Å². The van der Waals surface area contributed by atoms with Crippen molar-refractivity contribution in [2.45, 2.75) is 69.1 Å². The molecule has 1 unspecified atom stereocenters. The molecule has 0 aromatic rings. The first-order valence-corrected chi connectivity index (χ1v) is 7.25. The third-order valence-electron chi connectivity index (χ3n) is 5.15. The Bertz CT molecular complexity index is 280. The maximum atomic E-state index is 10.1. The molecule has 3 fully saturated rings. The van der Waals surface area contributed by atoms with Crippen LogP contribution in [-0.4, -0.2) is 46.9 Å². The standard InChI is InChI=1S/C14H25NO2/c1-2-13(16)10-15(11-13)12-5-8-17-14(9-12)6-3-4-7-14/h12,16H,2-11H2,1H3. The van der Waals surface area contributed by atoms with Gasteiger partial charge in [-0.25, -0.2) is 0 Å². The summed E-state index contributed by atoms with van der Waals surface area (Å²) in [6.07, 6.45) is 8.44. The third kappa shape index (κ3) is 2.13. The van der Waals surface area contributed by atoms with Crippen LogP contribution < -0.4 is 0 Å². The largest absolute Gasteiger partial charge is 0.387 e. The van der Waals surface area contributed by atoms with Gasteiger partial charge >= 0.3 is 0 Å². The number of hydrogen-bond donors (Lipinski definition) is 1. The molecule has 1 spiro atoms. The molecule has 0 aromatic carbocycles. The van der Waals surface area contributed by atoms with Crippen molar-refractivity contribution in [3.63, 3.8) is 0 Å². The van der Waals surface area contributed by atoms with Gasteiger partial charge in [0.2, 0.25) is 0 Å². The van der Waals surface area contributed by atoms with E-state index in [9.17, 15) is 5.11 Å². The van der Waals surface area contributed by atoms with Crippen molar-refractivity contribution < 1.29 is 9.84 Å². The van der Waals surface area contributed by atoms with Crippen LogP contribution in [0.25, 0.3) is 0 Å². The molecular formula is C14H25NO2. The van der Waals surface area contributed by atoms with Crippen molar-refractivity contribution in [1.29, 1.82) is 0 Å². The zero-order valence-electron chi connectivity index (χ0n) is 11.0. The van der Waals surface area contributed by atoms with E-state index in [0.29, 0.717) is 6.04 Å². The van der Waals surface area contributed by atoms with Gasteiger partial charge < -0.3 is 9.84 Å². The van der Waals surface area contributed by atoms with E-state index < -0.39 is 0 Å². The zero-order chi connectivity index (χ0) is 11.9. The van der Waals surface area contributed by atoms with E-state index >= 15 is 0 Å². The molecule has 2 aliphatic heterocycles. The van der Waals surface area contributed by atoms with Crippen LogP contribution in [0.4, 0.5) is 0 Å². The second-order valence-corrected chi connectivity index (χ2v) is 6.37. The van der Waals surface area contributed by atoms with Crippen LogP contribution in [0.5, 0.6) is 0 Å². The predicted molar refractivity (Wildman–Crippen MR) is 67.0 cm³/mol. The summed E-state index contributed by atoms with van der Waals surface area (Å²) in [5.41, 5.74) is -0.177. The highest BCUT2D eigenvalue weighted by Crippen LogP contribution is 2.42. The molecule has 0 bridgehead atoms. The average Bonchev–Trinajstić information content (AvgIpc) is 2.73. The molecule has 3 heteroatoms. The highest BCUT2D eigenvalue weighted by molar-refractivity contribution is 5.01. The maximum absolute atomic E-state index is 10.1. The highest BCUT2D eigenvalue weighted by Gasteiger charge is 2.47. The molecule has 2 heterocycles. The topological polar surface area (TPSA) is 32.7 Å². The summed E-state index contributed by atoms with van der Waals surface area (Å²) in [6, 6.07) is 0.661. The number of rotatable bonds is 2.